The first kappa shape index (κ1) is 28.4. The summed E-state index contributed by atoms with van der Waals surface area (Å²) in [6, 6.07) is 0. The summed E-state index contributed by atoms with van der Waals surface area (Å²) in [6.07, 6.45) is 5.92. The van der Waals surface area contributed by atoms with Gasteiger partial charge in [-0.15, -0.1) is 0 Å². The Morgan fingerprint density at radius 1 is 1.05 bits per heavy atom. The molecular formula is C31H47O6-. The fraction of sp³-hybridized carbons (Fsp3) is 0.806. The first-order valence-electron chi connectivity index (χ1n) is 14.3. The molecular weight excluding hydrogens is 468 g/mol. The standard InChI is InChI=1S/C31H48O6/c1-17(2)9-8-10-20(28(35)36)26-22-15-24(34)27-29(5)13-12-23(33)18(3)21(29)11-14-30(27,6)31(22,7)16-25(26)37-19(4)32/h9,18,21-25,27,33-34H,8,10-16H2,1-7H3,(H,35,36)/p-1/t18-,21?,22+,23+,24+,25-,27?,29-,30-,31-/m0/s1. The molecule has 0 aromatic carbocycles. The molecule has 0 saturated heterocycles. The van der Waals surface area contributed by atoms with Gasteiger partial charge in [0.25, 0.3) is 0 Å². The monoisotopic (exact) mass is 515 g/mol. The van der Waals surface area contributed by atoms with Gasteiger partial charge in [-0.05, 0) is 116 Å². The molecule has 2 N–H and O–H groups in total. The molecule has 0 amide bonds. The molecule has 0 aliphatic heterocycles. The van der Waals surface area contributed by atoms with Gasteiger partial charge in [-0.25, -0.2) is 0 Å². The number of hydrogen-bond acceptors (Lipinski definition) is 6. The number of fused-ring (bicyclic) bond motifs is 5. The van der Waals surface area contributed by atoms with Crippen LogP contribution in [-0.2, 0) is 14.3 Å². The number of allylic oxidation sites excluding steroid dienone is 2. The normalized spacial score (nSPS) is 46.2. The van der Waals surface area contributed by atoms with E-state index in [1.165, 1.54) is 6.92 Å². The highest BCUT2D eigenvalue weighted by Crippen LogP contribution is 2.74. The van der Waals surface area contributed by atoms with E-state index in [0.717, 1.165) is 31.3 Å². The van der Waals surface area contributed by atoms with Crippen molar-refractivity contribution in [2.24, 2.45) is 39.9 Å². The molecule has 4 saturated carbocycles. The predicted octanol–water partition coefficient (Wildman–Crippen LogP) is 4.33. The zero-order chi connectivity index (χ0) is 27.5. The van der Waals surface area contributed by atoms with Gasteiger partial charge >= 0.3 is 5.97 Å². The van der Waals surface area contributed by atoms with Crippen molar-refractivity contribution in [1.29, 1.82) is 0 Å². The number of esters is 1. The molecule has 37 heavy (non-hydrogen) atoms. The fourth-order valence-corrected chi connectivity index (χ4v) is 9.78. The summed E-state index contributed by atoms with van der Waals surface area (Å²) in [6.45, 7) is 14.4. The van der Waals surface area contributed by atoms with Gasteiger partial charge < -0.3 is 24.9 Å². The number of aliphatic carboxylic acids is 1. The van der Waals surface area contributed by atoms with E-state index in [1.54, 1.807) is 0 Å². The van der Waals surface area contributed by atoms with Gasteiger partial charge in [0.15, 0.2) is 0 Å². The van der Waals surface area contributed by atoms with E-state index in [0.29, 0.717) is 37.2 Å². The minimum Gasteiger partial charge on any atom is -0.545 e. The largest absolute Gasteiger partial charge is 0.545 e. The zero-order valence-electron chi connectivity index (χ0n) is 23.8. The summed E-state index contributed by atoms with van der Waals surface area (Å²) in [5.74, 6) is -1.25. The molecule has 2 unspecified atom stereocenters. The predicted molar refractivity (Wildman–Crippen MR) is 140 cm³/mol. The van der Waals surface area contributed by atoms with Crippen LogP contribution in [0.3, 0.4) is 0 Å². The number of hydrogen-bond donors (Lipinski definition) is 2. The van der Waals surface area contributed by atoms with Gasteiger partial charge in [-0.3, -0.25) is 4.79 Å². The SMILES string of the molecule is CC(=O)O[C@H]1C[C@@]2(C)[C@H](C[C@@H](O)C3[C@@]4(C)CC[C@@H](O)[C@@H](C)C4CC[C@@]32C)C1=C(CCC=C(C)C)C(=O)[O-]. The van der Waals surface area contributed by atoms with E-state index < -0.39 is 24.1 Å². The molecule has 0 bridgehead atoms. The molecule has 0 radical (unpaired) electrons. The van der Waals surface area contributed by atoms with Crippen molar-refractivity contribution in [2.75, 3.05) is 0 Å². The van der Waals surface area contributed by atoms with Crippen LogP contribution in [0.15, 0.2) is 22.8 Å². The molecule has 4 aliphatic carbocycles. The summed E-state index contributed by atoms with van der Waals surface area (Å²) in [5, 5.41) is 35.0. The Morgan fingerprint density at radius 3 is 2.32 bits per heavy atom. The lowest BCUT2D eigenvalue weighted by atomic mass is 9.36. The maximum absolute atomic E-state index is 12.5. The average molecular weight is 516 g/mol. The summed E-state index contributed by atoms with van der Waals surface area (Å²) in [4.78, 5) is 24.7. The third-order valence-electron chi connectivity index (χ3n) is 11.6. The molecule has 208 valence electrons. The van der Waals surface area contributed by atoms with Gasteiger partial charge in [0.05, 0.1) is 18.2 Å². The summed E-state index contributed by atoms with van der Waals surface area (Å²) in [7, 11) is 0. The van der Waals surface area contributed by atoms with E-state index >= 15 is 0 Å². The van der Waals surface area contributed by atoms with Crippen LogP contribution in [0.1, 0.15) is 99.8 Å². The van der Waals surface area contributed by atoms with Gasteiger partial charge in [0.1, 0.15) is 6.10 Å². The number of carbonyl (C=O) groups excluding carboxylic acids is 2. The van der Waals surface area contributed by atoms with E-state index in [4.69, 9.17) is 4.74 Å². The first-order chi connectivity index (χ1) is 17.2. The van der Waals surface area contributed by atoms with Crippen LogP contribution in [0, 0.1) is 39.9 Å². The second-order valence-electron chi connectivity index (χ2n) is 13.6. The van der Waals surface area contributed by atoms with E-state index in [-0.39, 0.29) is 45.7 Å². The van der Waals surface area contributed by atoms with E-state index in [2.05, 4.69) is 27.7 Å². The Labute approximate surface area is 222 Å². The van der Waals surface area contributed by atoms with Crippen LogP contribution in [0.5, 0.6) is 0 Å². The average Bonchev–Trinajstić information content (AvgIpc) is 3.05. The molecule has 4 rings (SSSR count). The molecule has 10 atom stereocenters. The van der Waals surface area contributed by atoms with Crippen LogP contribution >= 0.6 is 0 Å². The number of aliphatic hydroxyl groups is 2. The van der Waals surface area contributed by atoms with Crippen LogP contribution in [0.4, 0.5) is 0 Å². The molecule has 0 heterocycles. The Bertz CT molecular complexity index is 994. The van der Waals surface area contributed by atoms with Crippen molar-refractivity contribution in [1.82, 2.24) is 0 Å². The Hall–Kier alpha value is -1.66. The Morgan fingerprint density at radius 2 is 1.73 bits per heavy atom. The van der Waals surface area contributed by atoms with Gasteiger partial charge in [0, 0.05) is 6.92 Å². The number of aliphatic hydroxyl groups excluding tert-OH is 2. The molecule has 0 spiro atoms. The Balaban J connectivity index is 1.82. The highest BCUT2D eigenvalue weighted by Gasteiger charge is 2.70. The van der Waals surface area contributed by atoms with E-state index in [9.17, 15) is 24.9 Å². The van der Waals surface area contributed by atoms with E-state index in [1.807, 2.05) is 19.9 Å². The molecule has 4 aliphatic rings. The molecule has 4 fully saturated rings. The summed E-state index contributed by atoms with van der Waals surface area (Å²) < 4.78 is 5.84. The number of carboxylic acid groups (broad SMARTS) is 1. The minimum atomic E-state index is -1.20. The highest BCUT2D eigenvalue weighted by molar-refractivity contribution is 5.86. The summed E-state index contributed by atoms with van der Waals surface area (Å²) in [5.41, 5.74) is 1.31. The zero-order valence-corrected chi connectivity index (χ0v) is 23.8. The molecule has 6 heteroatoms. The maximum Gasteiger partial charge on any atom is 0.303 e. The van der Waals surface area contributed by atoms with Crippen molar-refractivity contribution in [3.05, 3.63) is 22.8 Å². The van der Waals surface area contributed by atoms with Crippen molar-refractivity contribution in [3.63, 3.8) is 0 Å². The lowest BCUT2D eigenvalue weighted by Gasteiger charge is -2.69. The highest BCUT2D eigenvalue weighted by atomic mass is 16.5. The van der Waals surface area contributed by atoms with Crippen molar-refractivity contribution < 1.29 is 29.6 Å². The van der Waals surface area contributed by atoms with Crippen LogP contribution < -0.4 is 5.11 Å². The number of carbonyl (C=O) groups is 2. The maximum atomic E-state index is 12.5. The lowest BCUT2D eigenvalue weighted by molar-refractivity contribution is -0.299. The van der Waals surface area contributed by atoms with Crippen LogP contribution in [-0.4, -0.2) is 40.5 Å². The number of rotatable bonds is 5. The fourth-order valence-electron chi connectivity index (χ4n) is 9.78. The van der Waals surface area contributed by atoms with Crippen molar-refractivity contribution in [3.8, 4) is 0 Å². The second-order valence-corrected chi connectivity index (χ2v) is 13.6. The first-order valence-corrected chi connectivity index (χ1v) is 14.3. The van der Waals surface area contributed by atoms with Crippen LogP contribution in [0.25, 0.3) is 0 Å². The number of carboxylic acids is 1. The third-order valence-corrected chi connectivity index (χ3v) is 11.6. The minimum absolute atomic E-state index is 0.0318. The smallest absolute Gasteiger partial charge is 0.303 e. The lowest BCUT2D eigenvalue weighted by Crippen LogP contribution is -2.65. The van der Waals surface area contributed by atoms with Gasteiger partial charge in [0.2, 0.25) is 0 Å². The van der Waals surface area contributed by atoms with Crippen LogP contribution in [0.2, 0.25) is 0 Å². The van der Waals surface area contributed by atoms with Gasteiger partial charge in [-0.1, -0.05) is 39.3 Å². The molecule has 0 aromatic rings. The van der Waals surface area contributed by atoms with Gasteiger partial charge in [-0.2, -0.15) is 0 Å². The third kappa shape index (κ3) is 4.40. The molecule has 0 aromatic heterocycles. The topological polar surface area (TPSA) is 107 Å². The van der Waals surface area contributed by atoms with Crippen molar-refractivity contribution >= 4 is 11.9 Å². The second kappa shape index (κ2) is 9.82. The number of ether oxygens (including phenoxy) is 1. The Kier molecular flexibility index (Phi) is 7.53. The molecule has 6 nitrogen and oxygen atoms in total. The summed E-state index contributed by atoms with van der Waals surface area (Å²) >= 11 is 0. The quantitative estimate of drug-likeness (QED) is 0.321. The van der Waals surface area contributed by atoms with Crippen molar-refractivity contribution in [2.45, 2.75) is 118 Å².